The van der Waals surface area contributed by atoms with E-state index in [-0.39, 0.29) is 11.3 Å². The molecule has 0 bridgehead atoms. The third-order valence-corrected chi connectivity index (χ3v) is 7.45. The fraction of sp³-hybridized carbons (Fsp3) is 0.308. The van der Waals surface area contributed by atoms with E-state index >= 15 is 0 Å². The number of sulfonamides is 1. The zero-order chi connectivity index (χ0) is 27.3. The van der Waals surface area contributed by atoms with Crippen molar-refractivity contribution in [2.75, 3.05) is 36.8 Å². The average Bonchev–Trinajstić information content (AvgIpc) is 2.88. The number of aromatic hydroxyl groups is 1. The maximum absolute atomic E-state index is 12.3. The molecule has 0 radical (unpaired) electrons. The molecule has 2 heterocycles. The van der Waals surface area contributed by atoms with Gasteiger partial charge in [-0.15, -0.1) is 0 Å². The molecule has 12 heteroatoms. The van der Waals surface area contributed by atoms with Gasteiger partial charge in [0.15, 0.2) is 0 Å². The molecule has 202 valence electrons. The Morgan fingerprint density at radius 2 is 1.68 bits per heavy atom. The fourth-order valence-electron chi connectivity index (χ4n) is 4.24. The van der Waals surface area contributed by atoms with Crippen molar-refractivity contribution in [2.45, 2.75) is 19.1 Å². The lowest BCUT2D eigenvalue weighted by Crippen LogP contribution is -2.46. The Balaban J connectivity index is 1.33. The molecule has 3 aromatic rings. The summed E-state index contributed by atoms with van der Waals surface area (Å²) in [7, 11) is -4.40. The maximum Gasteiger partial charge on any atom is 0.390 e. The van der Waals surface area contributed by atoms with Gasteiger partial charge in [0.25, 0.3) is 5.91 Å². The van der Waals surface area contributed by atoms with Gasteiger partial charge in [-0.1, -0.05) is 24.3 Å². The van der Waals surface area contributed by atoms with Gasteiger partial charge >= 0.3 is 6.18 Å². The number of amides is 1. The third kappa shape index (κ3) is 7.45. The lowest BCUT2D eigenvalue weighted by molar-refractivity contribution is -0.130. The Bertz CT molecular complexity index is 1370. The molecule has 2 aromatic carbocycles. The molecule has 1 aromatic heterocycles. The minimum atomic E-state index is -4.63. The van der Waals surface area contributed by atoms with Crippen LogP contribution >= 0.6 is 0 Å². The quantitative estimate of drug-likeness (QED) is 0.442. The van der Waals surface area contributed by atoms with Crippen molar-refractivity contribution < 1.29 is 31.5 Å². The van der Waals surface area contributed by atoms with Crippen LogP contribution in [-0.2, 0) is 16.6 Å². The molecule has 1 fully saturated rings. The monoisotopic (exact) mass is 548 g/mol. The lowest BCUT2D eigenvalue weighted by atomic mass is 10.0. The number of benzene rings is 2. The van der Waals surface area contributed by atoms with Gasteiger partial charge in [0.2, 0.25) is 10.0 Å². The molecule has 1 saturated heterocycles. The normalized spacial score (nSPS) is 14.9. The minimum Gasteiger partial charge on any atom is -0.506 e. The number of hydrogen-bond donors (Lipinski definition) is 2. The Labute approximate surface area is 218 Å². The second-order valence-electron chi connectivity index (χ2n) is 9.01. The van der Waals surface area contributed by atoms with Gasteiger partial charge in [-0.05, 0) is 41.5 Å². The summed E-state index contributed by atoms with van der Waals surface area (Å²) in [5.41, 5.74) is 3.87. The molecule has 4 rings (SSSR count). The average molecular weight is 549 g/mol. The number of piperazine rings is 1. The van der Waals surface area contributed by atoms with E-state index in [2.05, 4.69) is 20.9 Å². The molecule has 1 aliphatic rings. The number of nitrogens with one attached hydrogen (secondary N) is 1. The predicted molar refractivity (Wildman–Crippen MR) is 137 cm³/mol. The van der Waals surface area contributed by atoms with E-state index in [0.29, 0.717) is 0 Å². The van der Waals surface area contributed by atoms with Gasteiger partial charge in [-0.25, -0.2) is 13.1 Å². The van der Waals surface area contributed by atoms with Crippen molar-refractivity contribution in [3.8, 4) is 16.9 Å². The van der Waals surface area contributed by atoms with Gasteiger partial charge in [0.05, 0.1) is 18.4 Å². The van der Waals surface area contributed by atoms with Crippen LogP contribution in [0.3, 0.4) is 0 Å². The van der Waals surface area contributed by atoms with Crippen LogP contribution in [0, 0.1) is 0 Å². The highest BCUT2D eigenvalue weighted by atomic mass is 32.2. The number of aromatic nitrogens is 1. The van der Waals surface area contributed by atoms with Crippen molar-refractivity contribution >= 4 is 21.6 Å². The van der Waals surface area contributed by atoms with E-state index < -0.39 is 34.3 Å². The van der Waals surface area contributed by atoms with Crippen LogP contribution in [0.5, 0.6) is 5.75 Å². The van der Waals surface area contributed by atoms with Crippen molar-refractivity contribution in [3.05, 3.63) is 78.1 Å². The van der Waals surface area contributed by atoms with Crippen LogP contribution in [0.1, 0.15) is 22.3 Å². The fourth-order valence-corrected chi connectivity index (χ4v) is 5.25. The summed E-state index contributed by atoms with van der Waals surface area (Å²) in [4.78, 5) is 20.8. The van der Waals surface area contributed by atoms with Gasteiger partial charge in [-0.2, -0.15) is 13.2 Å². The summed E-state index contributed by atoms with van der Waals surface area (Å²) in [6.45, 7) is 3.75. The number of pyridine rings is 1. The summed E-state index contributed by atoms with van der Waals surface area (Å²) in [5, 5.41) is 9.80. The van der Waals surface area contributed by atoms with Gasteiger partial charge in [0, 0.05) is 55.7 Å². The summed E-state index contributed by atoms with van der Waals surface area (Å²) < 4.78 is 62.2. The van der Waals surface area contributed by atoms with Crippen LogP contribution in [0.4, 0.5) is 18.9 Å². The van der Waals surface area contributed by atoms with E-state index in [4.69, 9.17) is 0 Å². The molecule has 0 unspecified atom stereocenters. The van der Waals surface area contributed by atoms with Gasteiger partial charge in [-0.3, -0.25) is 14.7 Å². The van der Waals surface area contributed by atoms with E-state index in [1.807, 2.05) is 18.2 Å². The number of carbonyl (C=O) groups is 1. The molecule has 1 aliphatic heterocycles. The molecule has 0 saturated carbocycles. The van der Waals surface area contributed by atoms with E-state index in [0.717, 1.165) is 55.1 Å². The number of rotatable bonds is 8. The minimum absolute atomic E-state index is 0.0426. The Morgan fingerprint density at radius 1 is 1.00 bits per heavy atom. The van der Waals surface area contributed by atoms with Gasteiger partial charge < -0.3 is 10.0 Å². The highest BCUT2D eigenvalue weighted by Crippen LogP contribution is 2.27. The summed E-state index contributed by atoms with van der Waals surface area (Å²) >= 11 is 0. The zero-order valence-electron chi connectivity index (χ0n) is 20.4. The second kappa shape index (κ2) is 11.4. The highest BCUT2D eigenvalue weighted by molar-refractivity contribution is 7.90. The number of alkyl halides is 3. The number of nitrogens with zero attached hydrogens (tertiary/aromatic N) is 3. The molecule has 1 amide bonds. The van der Waals surface area contributed by atoms with Gasteiger partial charge in [0.1, 0.15) is 5.75 Å². The highest BCUT2D eigenvalue weighted by Gasteiger charge is 2.30. The SMILES string of the molecule is O=C(NS(=O)(=O)CCC(F)(F)F)c1ccc(N2CCN(Cc3ccccc3-c3cncc(O)c3)CC2)cc1. The number of hydrogen-bond acceptors (Lipinski definition) is 7. The van der Waals surface area contributed by atoms with Crippen molar-refractivity contribution in [1.29, 1.82) is 0 Å². The second-order valence-corrected chi connectivity index (χ2v) is 10.9. The summed E-state index contributed by atoms with van der Waals surface area (Å²) in [5.74, 6) is -2.07. The first-order valence-corrected chi connectivity index (χ1v) is 13.6. The topological polar surface area (TPSA) is 103 Å². The number of anilines is 1. The Kier molecular flexibility index (Phi) is 8.22. The van der Waals surface area contributed by atoms with Crippen LogP contribution in [0.2, 0.25) is 0 Å². The molecule has 0 aliphatic carbocycles. The van der Waals surface area contributed by atoms with E-state index in [1.54, 1.807) is 29.1 Å². The predicted octanol–water partition coefficient (Wildman–Crippen LogP) is 3.79. The van der Waals surface area contributed by atoms with Crippen LogP contribution in [0.15, 0.2) is 67.0 Å². The molecular formula is C26H27F3N4O4S. The molecule has 2 N–H and O–H groups in total. The van der Waals surface area contributed by atoms with Crippen molar-refractivity contribution in [1.82, 2.24) is 14.6 Å². The molecule has 0 spiro atoms. The third-order valence-electron chi connectivity index (χ3n) is 6.22. The van der Waals surface area contributed by atoms with Crippen LogP contribution in [0.25, 0.3) is 11.1 Å². The first kappa shape index (κ1) is 27.4. The number of carbonyl (C=O) groups excluding carboxylic acids is 1. The Hall–Kier alpha value is -3.64. The van der Waals surface area contributed by atoms with Crippen molar-refractivity contribution in [2.24, 2.45) is 0 Å². The zero-order valence-corrected chi connectivity index (χ0v) is 21.2. The molecule has 0 atom stereocenters. The van der Waals surface area contributed by atoms with Crippen molar-refractivity contribution in [3.63, 3.8) is 0 Å². The molecule has 38 heavy (non-hydrogen) atoms. The standard InChI is InChI=1S/C26H27F3N4O4S/c27-26(28,29)9-14-38(36,37)31-25(35)19-5-7-22(8-6-19)33-12-10-32(11-13-33)18-20-3-1-2-4-24(20)21-15-23(34)17-30-16-21/h1-8,15-17,34H,9-14,18H2,(H,31,35). The number of halogens is 3. The first-order chi connectivity index (χ1) is 18.0. The maximum atomic E-state index is 12.3. The van der Waals surface area contributed by atoms with Crippen LogP contribution in [-0.4, -0.2) is 67.4 Å². The smallest absolute Gasteiger partial charge is 0.390 e. The summed E-state index contributed by atoms with van der Waals surface area (Å²) in [6, 6.07) is 16.0. The van der Waals surface area contributed by atoms with Crippen LogP contribution < -0.4 is 9.62 Å². The Morgan fingerprint density at radius 3 is 2.34 bits per heavy atom. The molecular weight excluding hydrogens is 521 g/mol. The molecule has 8 nitrogen and oxygen atoms in total. The van der Waals surface area contributed by atoms with E-state index in [1.165, 1.54) is 18.3 Å². The lowest BCUT2D eigenvalue weighted by Gasteiger charge is -2.36. The first-order valence-electron chi connectivity index (χ1n) is 11.9. The summed E-state index contributed by atoms with van der Waals surface area (Å²) in [6.07, 6.45) is -3.04. The largest absolute Gasteiger partial charge is 0.506 e. The van der Waals surface area contributed by atoms with E-state index in [9.17, 15) is 31.5 Å².